The van der Waals surface area contributed by atoms with E-state index in [1.54, 1.807) is 25.1 Å². The molecule has 1 aromatic carbocycles. The first kappa shape index (κ1) is 25.9. The molecular weight excluding hydrogens is 461 g/mol. The summed E-state index contributed by atoms with van der Waals surface area (Å²) in [6.07, 6.45) is 2.96. The van der Waals surface area contributed by atoms with E-state index in [1.165, 1.54) is 24.6 Å². The standard InChI is InChI=1S/C24H25F3N4O.CH2O2/c1-14-11-17(12-19(29-14)22(26)27)20-21(16-7-9-18(25)10-8-16)30-24(28)31-23(20)32-13-15-5-3-2-4-6-15;2-1-3/h7-12,15,22H,2-6,13H2,1H3,(H2,28,30,31);1H,(H,2,3). The molecule has 186 valence electrons. The van der Waals surface area contributed by atoms with Crippen LogP contribution < -0.4 is 10.5 Å². The van der Waals surface area contributed by atoms with Crippen LogP contribution in [0, 0.1) is 18.7 Å². The van der Waals surface area contributed by atoms with Crippen molar-refractivity contribution in [1.29, 1.82) is 0 Å². The Bertz CT molecular complexity index is 1140. The van der Waals surface area contributed by atoms with Crippen LogP contribution in [0.2, 0.25) is 0 Å². The molecule has 1 aliphatic rings. The molecule has 3 aromatic rings. The van der Waals surface area contributed by atoms with Gasteiger partial charge in [0.25, 0.3) is 12.9 Å². The van der Waals surface area contributed by atoms with Gasteiger partial charge in [0.15, 0.2) is 0 Å². The summed E-state index contributed by atoms with van der Waals surface area (Å²) in [5.41, 5.74) is 7.92. The quantitative estimate of drug-likeness (QED) is 0.420. The van der Waals surface area contributed by atoms with E-state index >= 15 is 0 Å². The van der Waals surface area contributed by atoms with E-state index in [2.05, 4.69) is 15.0 Å². The molecule has 0 unspecified atom stereocenters. The summed E-state index contributed by atoms with van der Waals surface area (Å²) in [4.78, 5) is 21.0. The molecule has 0 radical (unpaired) electrons. The molecule has 2 heterocycles. The van der Waals surface area contributed by atoms with Crippen molar-refractivity contribution in [3.63, 3.8) is 0 Å². The fraction of sp³-hybridized carbons (Fsp3) is 0.360. The minimum absolute atomic E-state index is 0.00780. The van der Waals surface area contributed by atoms with Crippen molar-refractivity contribution in [2.75, 3.05) is 12.3 Å². The van der Waals surface area contributed by atoms with E-state index in [4.69, 9.17) is 20.4 Å². The number of hydrogen-bond acceptors (Lipinski definition) is 6. The molecule has 3 N–H and O–H groups in total. The fourth-order valence-corrected chi connectivity index (χ4v) is 4.14. The molecule has 2 aromatic heterocycles. The van der Waals surface area contributed by atoms with Crippen molar-refractivity contribution in [1.82, 2.24) is 15.0 Å². The smallest absolute Gasteiger partial charge is 0.290 e. The van der Waals surface area contributed by atoms with Crippen LogP contribution in [0.1, 0.15) is 49.9 Å². The molecule has 0 aliphatic heterocycles. The van der Waals surface area contributed by atoms with Gasteiger partial charge in [0, 0.05) is 11.3 Å². The molecule has 1 saturated carbocycles. The van der Waals surface area contributed by atoms with Crippen molar-refractivity contribution in [2.24, 2.45) is 5.92 Å². The van der Waals surface area contributed by atoms with Crippen LogP contribution in [0.15, 0.2) is 36.4 Å². The maximum absolute atomic E-state index is 13.5. The predicted molar refractivity (Wildman–Crippen MR) is 126 cm³/mol. The largest absolute Gasteiger partial charge is 0.483 e. The van der Waals surface area contributed by atoms with Crippen LogP contribution in [0.4, 0.5) is 19.1 Å². The molecule has 4 rings (SSSR count). The number of nitrogen functional groups attached to an aromatic ring is 1. The Morgan fingerprint density at radius 2 is 1.74 bits per heavy atom. The summed E-state index contributed by atoms with van der Waals surface area (Å²) in [5, 5.41) is 6.89. The zero-order valence-corrected chi connectivity index (χ0v) is 19.3. The topological polar surface area (TPSA) is 111 Å². The third kappa shape index (κ3) is 6.91. The Labute approximate surface area is 201 Å². The number of anilines is 1. The lowest BCUT2D eigenvalue weighted by Gasteiger charge is -2.23. The number of carbonyl (C=O) groups is 1. The number of alkyl halides is 2. The molecule has 1 aliphatic carbocycles. The maximum atomic E-state index is 13.5. The first-order valence-corrected chi connectivity index (χ1v) is 11.2. The summed E-state index contributed by atoms with van der Waals surface area (Å²) in [6.45, 7) is 1.85. The number of benzene rings is 1. The van der Waals surface area contributed by atoms with E-state index in [-0.39, 0.29) is 24.0 Å². The van der Waals surface area contributed by atoms with Crippen molar-refractivity contribution < 1.29 is 27.8 Å². The highest BCUT2D eigenvalue weighted by atomic mass is 19.3. The predicted octanol–water partition coefficient (Wildman–Crippen LogP) is 5.83. The van der Waals surface area contributed by atoms with E-state index in [9.17, 15) is 13.2 Å². The van der Waals surface area contributed by atoms with Crippen molar-refractivity contribution in [3.05, 3.63) is 53.6 Å². The lowest BCUT2D eigenvalue weighted by molar-refractivity contribution is -0.122. The molecule has 1 fully saturated rings. The summed E-state index contributed by atoms with van der Waals surface area (Å²) in [7, 11) is 0. The molecular formula is C25H27F3N4O3. The third-order valence-electron chi connectivity index (χ3n) is 5.68. The van der Waals surface area contributed by atoms with Gasteiger partial charge in [-0.25, -0.2) is 18.2 Å². The van der Waals surface area contributed by atoms with Gasteiger partial charge in [0.05, 0.1) is 17.9 Å². The Hall–Kier alpha value is -3.69. The van der Waals surface area contributed by atoms with Crippen molar-refractivity contribution >= 4 is 12.4 Å². The van der Waals surface area contributed by atoms with E-state index in [1.807, 2.05) is 0 Å². The number of aryl methyl sites for hydroxylation is 1. The van der Waals surface area contributed by atoms with Gasteiger partial charge in [-0.1, -0.05) is 19.3 Å². The average Bonchev–Trinajstić information content (AvgIpc) is 2.83. The minimum atomic E-state index is -2.73. The highest BCUT2D eigenvalue weighted by Gasteiger charge is 2.23. The lowest BCUT2D eigenvalue weighted by atomic mass is 9.90. The Morgan fingerprint density at radius 1 is 1.09 bits per heavy atom. The number of aromatic nitrogens is 3. The number of ether oxygens (including phenoxy) is 1. The summed E-state index contributed by atoms with van der Waals surface area (Å²) < 4.78 is 46.6. The third-order valence-corrected chi connectivity index (χ3v) is 5.68. The van der Waals surface area contributed by atoms with Gasteiger partial charge in [-0.05, 0) is 67.6 Å². The monoisotopic (exact) mass is 488 g/mol. The Morgan fingerprint density at radius 3 is 2.37 bits per heavy atom. The fourth-order valence-electron chi connectivity index (χ4n) is 4.14. The number of pyridine rings is 1. The molecule has 35 heavy (non-hydrogen) atoms. The van der Waals surface area contributed by atoms with Gasteiger partial charge in [0.2, 0.25) is 11.8 Å². The van der Waals surface area contributed by atoms with Crippen LogP contribution in [0.25, 0.3) is 22.4 Å². The van der Waals surface area contributed by atoms with Crippen LogP contribution in [-0.2, 0) is 4.79 Å². The molecule has 0 bridgehead atoms. The average molecular weight is 489 g/mol. The zero-order chi connectivity index (χ0) is 25.4. The van der Waals surface area contributed by atoms with Crippen LogP contribution in [-0.4, -0.2) is 33.1 Å². The lowest BCUT2D eigenvalue weighted by Crippen LogP contribution is -2.16. The van der Waals surface area contributed by atoms with Gasteiger partial charge >= 0.3 is 0 Å². The molecule has 0 amide bonds. The second-order valence-corrected chi connectivity index (χ2v) is 8.26. The number of nitrogens with zero attached hydrogens (tertiary/aromatic N) is 3. The van der Waals surface area contributed by atoms with Crippen LogP contribution >= 0.6 is 0 Å². The minimum Gasteiger partial charge on any atom is -0.483 e. The number of nitrogens with two attached hydrogens (primary N) is 1. The Balaban J connectivity index is 0.00000108. The van der Waals surface area contributed by atoms with Crippen molar-refractivity contribution in [3.8, 4) is 28.3 Å². The van der Waals surface area contributed by atoms with Crippen molar-refractivity contribution in [2.45, 2.75) is 45.5 Å². The van der Waals surface area contributed by atoms with Gasteiger partial charge < -0.3 is 15.6 Å². The van der Waals surface area contributed by atoms with Gasteiger partial charge in [0.1, 0.15) is 11.5 Å². The zero-order valence-electron chi connectivity index (χ0n) is 19.3. The van der Waals surface area contributed by atoms with E-state index in [0.717, 1.165) is 25.7 Å². The number of rotatable bonds is 6. The SMILES string of the molecule is Cc1cc(-c2c(OCC3CCCCC3)nc(N)nc2-c2ccc(F)cc2)cc(C(F)F)n1.O=CO. The summed E-state index contributed by atoms with van der Waals surface area (Å²) in [6, 6.07) is 8.74. The van der Waals surface area contributed by atoms with Crippen LogP contribution in [0.5, 0.6) is 5.88 Å². The van der Waals surface area contributed by atoms with Crippen LogP contribution in [0.3, 0.4) is 0 Å². The summed E-state index contributed by atoms with van der Waals surface area (Å²) in [5.74, 6) is 0.225. The van der Waals surface area contributed by atoms with Gasteiger partial charge in [-0.3, -0.25) is 9.78 Å². The maximum Gasteiger partial charge on any atom is 0.290 e. The number of halogens is 3. The second kappa shape index (κ2) is 12.1. The molecule has 0 spiro atoms. The molecule has 7 nitrogen and oxygen atoms in total. The molecule has 10 heteroatoms. The number of hydrogen-bond donors (Lipinski definition) is 2. The normalized spacial score (nSPS) is 13.7. The first-order valence-electron chi connectivity index (χ1n) is 11.2. The highest BCUT2D eigenvalue weighted by Crippen LogP contribution is 2.39. The van der Waals surface area contributed by atoms with E-state index < -0.39 is 12.2 Å². The van der Waals surface area contributed by atoms with E-state index in [0.29, 0.717) is 40.6 Å². The first-order chi connectivity index (χ1) is 16.8. The second-order valence-electron chi connectivity index (χ2n) is 8.26. The molecule has 0 saturated heterocycles. The Kier molecular flexibility index (Phi) is 8.99. The van der Waals surface area contributed by atoms with Gasteiger partial charge in [-0.15, -0.1) is 0 Å². The number of carboxylic acid groups (broad SMARTS) is 1. The van der Waals surface area contributed by atoms with Gasteiger partial charge in [-0.2, -0.15) is 4.98 Å². The summed E-state index contributed by atoms with van der Waals surface area (Å²) >= 11 is 0. The molecule has 0 atom stereocenters. The highest BCUT2D eigenvalue weighted by molar-refractivity contribution is 5.85.